The number of hydrogen-bond donors (Lipinski definition) is 1. The molecule has 0 unspecified atom stereocenters. The lowest BCUT2D eigenvalue weighted by molar-refractivity contribution is 0.0453. The summed E-state index contributed by atoms with van der Waals surface area (Å²) in [6.07, 6.45) is 5.21. The van der Waals surface area contributed by atoms with Crippen LogP contribution in [-0.2, 0) is 17.9 Å². The maximum Gasteiger partial charge on any atom is 0.123 e. The van der Waals surface area contributed by atoms with Crippen LogP contribution in [0.25, 0.3) is 0 Å². The molecule has 2 nitrogen and oxygen atoms in total. The lowest BCUT2D eigenvalue weighted by Gasteiger charge is -2.13. The zero-order valence-electron chi connectivity index (χ0n) is 9.42. The highest BCUT2D eigenvalue weighted by Gasteiger charge is 2.15. The molecule has 0 bridgehead atoms. The zero-order valence-corrected chi connectivity index (χ0v) is 9.42. The Morgan fingerprint density at radius 1 is 1.25 bits per heavy atom. The van der Waals surface area contributed by atoms with Crippen molar-refractivity contribution in [3.05, 3.63) is 35.1 Å². The summed E-state index contributed by atoms with van der Waals surface area (Å²) in [7, 11) is 0. The highest BCUT2D eigenvalue weighted by molar-refractivity contribution is 5.27. The van der Waals surface area contributed by atoms with Crippen LogP contribution >= 0.6 is 0 Å². The van der Waals surface area contributed by atoms with E-state index in [9.17, 15) is 4.39 Å². The van der Waals surface area contributed by atoms with Crippen molar-refractivity contribution in [2.75, 3.05) is 0 Å². The van der Waals surface area contributed by atoms with Crippen molar-refractivity contribution in [3.63, 3.8) is 0 Å². The maximum absolute atomic E-state index is 13.0. The van der Waals surface area contributed by atoms with Crippen LogP contribution in [0, 0.1) is 5.82 Å². The molecule has 3 heteroatoms. The number of rotatable bonds is 4. The molecule has 1 saturated carbocycles. The fourth-order valence-corrected chi connectivity index (χ4v) is 2.19. The molecule has 0 aromatic heterocycles. The molecule has 1 fully saturated rings. The monoisotopic (exact) mass is 223 g/mol. The third-order valence-electron chi connectivity index (χ3n) is 3.16. The van der Waals surface area contributed by atoms with E-state index >= 15 is 0 Å². The predicted octanol–water partition coefficient (Wildman–Crippen LogP) is 2.74. The molecule has 0 heterocycles. The summed E-state index contributed by atoms with van der Waals surface area (Å²) in [5.74, 6) is -0.231. The Labute approximate surface area is 95.6 Å². The fraction of sp³-hybridized carbons (Fsp3) is 0.538. The summed E-state index contributed by atoms with van der Waals surface area (Å²) in [6.45, 7) is 0.915. The first-order valence-corrected chi connectivity index (χ1v) is 5.88. The van der Waals surface area contributed by atoms with Crippen molar-refractivity contribution in [3.8, 4) is 0 Å². The van der Waals surface area contributed by atoms with Crippen LogP contribution in [-0.4, -0.2) is 6.10 Å². The van der Waals surface area contributed by atoms with Gasteiger partial charge in [0.25, 0.3) is 0 Å². The largest absolute Gasteiger partial charge is 0.374 e. The summed E-state index contributed by atoms with van der Waals surface area (Å²) in [5.41, 5.74) is 7.44. The molecule has 1 aliphatic rings. The molecule has 0 radical (unpaired) electrons. The third kappa shape index (κ3) is 2.80. The van der Waals surface area contributed by atoms with Crippen molar-refractivity contribution in [2.24, 2.45) is 5.73 Å². The van der Waals surface area contributed by atoms with Gasteiger partial charge < -0.3 is 10.5 Å². The average molecular weight is 223 g/mol. The van der Waals surface area contributed by atoms with Gasteiger partial charge in [0.05, 0.1) is 12.7 Å². The van der Waals surface area contributed by atoms with Crippen LogP contribution in [0.1, 0.15) is 36.8 Å². The molecule has 0 saturated heterocycles. The van der Waals surface area contributed by atoms with Gasteiger partial charge in [0.1, 0.15) is 5.82 Å². The highest BCUT2D eigenvalue weighted by Crippen LogP contribution is 2.22. The molecule has 1 aromatic carbocycles. The Bertz CT molecular complexity index is 348. The summed E-state index contributed by atoms with van der Waals surface area (Å²) in [6, 6.07) is 4.73. The van der Waals surface area contributed by atoms with Gasteiger partial charge in [0.15, 0.2) is 0 Å². The minimum atomic E-state index is -0.231. The minimum absolute atomic E-state index is 0.231. The summed E-state index contributed by atoms with van der Waals surface area (Å²) >= 11 is 0. The van der Waals surface area contributed by atoms with Gasteiger partial charge in [-0.25, -0.2) is 4.39 Å². The van der Waals surface area contributed by atoms with E-state index in [0.29, 0.717) is 19.3 Å². The molecular formula is C13H18FNO. The summed E-state index contributed by atoms with van der Waals surface area (Å²) in [4.78, 5) is 0. The van der Waals surface area contributed by atoms with E-state index in [2.05, 4.69) is 0 Å². The van der Waals surface area contributed by atoms with Crippen molar-refractivity contribution in [2.45, 2.75) is 44.9 Å². The Kier molecular flexibility index (Phi) is 3.91. The zero-order chi connectivity index (χ0) is 11.4. The van der Waals surface area contributed by atoms with Gasteiger partial charge in [-0.1, -0.05) is 18.9 Å². The van der Waals surface area contributed by atoms with Gasteiger partial charge in [0.2, 0.25) is 0 Å². The molecular weight excluding hydrogens is 205 g/mol. The van der Waals surface area contributed by atoms with E-state index in [1.54, 1.807) is 6.07 Å². The first-order chi connectivity index (χ1) is 7.79. The van der Waals surface area contributed by atoms with Crippen LogP contribution in [0.5, 0.6) is 0 Å². The number of ether oxygens (including phenoxy) is 1. The topological polar surface area (TPSA) is 35.2 Å². The average Bonchev–Trinajstić information content (AvgIpc) is 2.80. The van der Waals surface area contributed by atoms with Crippen molar-refractivity contribution in [1.29, 1.82) is 0 Å². The number of halogens is 1. The van der Waals surface area contributed by atoms with E-state index in [4.69, 9.17) is 10.5 Å². The standard InChI is InChI=1S/C13H18FNO/c14-12-6-5-10(11(7-12)8-15)9-16-13-3-1-2-4-13/h5-7,13H,1-4,8-9,15H2. The van der Waals surface area contributed by atoms with Gasteiger partial charge in [-0.3, -0.25) is 0 Å². The number of hydrogen-bond acceptors (Lipinski definition) is 2. The molecule has 1 aromatic rings. The Balaban J connectivity index is 1.97. The van der Waals surface area contributed by atoms with Crippen LogP contribution in [0.2, 0.25) is 0 Å². The lowest BCUT2D eigenvalue weighted by Crippen LogP contribution is -2.10. The minimum Gasteiger partial charge on any atom is -0.374 e. The maximum atomic E-state index is 13.0. The molecule has 0 spiro atoms. The SMILES string of the molecule is NCc1cc(F)ccc1COC1CCCC1. The molecule has 0 amide bonds. The third-order valence-corrected chi connectivity index (χ3v) is 3.16. The number of nitrogens with two attached hydrogens (primary N) is 1. The second-order valence-electron chi connectivity index (χ2n) is 4.33. The van der Waals surface area contributed by atoms with E-state index in [0.717, 1.165) is 24.0 Å². The highest BCUT2D eigenvalue weighted by atomic mass is 19.1. The van der Waals surface area contributed by atoms with Crippen molar-refractivity contribution < 1.29 is 9.13 Å². The van der Waals surface area contributed by atoms with Gasteiger partial charge in [-0.05, 0) is 36.1 Å². The molecule has 88 valence electrons. The van der Waals surface area contributed by atoms with Crippen LogP contribution in [0.3, 0.4) is 0 Å². The quantitative estimate of drug-likeness (QED) is 0.851. The van der Waals surface area contributed by atoms with E-state index in [1.165, 1.54) is 25.0 Å². The van der Waals surface area contributed by atoms with E-state index in [1.807, 2.05) is 0 Å². The second kappa shape index (κ2) is 5.41. The van der Waals surface area contributed by atoms with Gasteiger partial charge in [0, 0.05) is 6.54 Å². The second-order valence-corrected chi connectivity index (χ2v) is 4.33. The Hall–Kier alpha value is -0.930. The molecule has 2 rings (SSSR count). The Morgan fingerprint density at radius 2 is 2.00 bits per heavy atom. The summed E-state index contributed by atoms with van der Waals surface area (Å²) in [5, 5.41) is 0. The van der Waals surface area contributed by atoms with Crippen molar-refractivity contribution >= 4 is 0 Å². The first kappa shape index (κ1) is 11.6. The number of benzene rings is 1. The van der Waals surface area contributed by atoms with Crippen LogP contribution in [0.15, 0.2) is 18.2 Å². The molecule has 16 heavy (non-hydrogen) atoms. The van der Waals surface area contributed by atoms with Gasteiger partial charge in [-0.15, -0.1) is 0 Å². The molecule has 1 aliphatic carbocycles. The van der Waals surface area contributed by atoms with E-state index in [-0.39, 0.29) is 5.82 Å². The van der Waals surface area contributed by atoms with Gasteiger partial charge >= 0.3 is 0 Å². The lowest BCUT2D eigenvalue weighted by atomic mass is 10.1. The molecule has 2 N–H and O–H groups in total. The first-order valence-electron chi connectivity index (χ1n) is 5.88. The van der Waals surface area contributed by atoms with Crippen molar-refractivity contribution in [1.82, 2.24) is 0 Å². The Morgan fingerprint density at radius 3 is 2.69 bits per heavy atom. The molecule has 0 atom stereocenters. The fourth-order valence-electron chi connectivity index (χ4n) is 2.19. The van der Waals surface area contributed by atoms with E-state index < -0.39 is 0 Å². The van der Waals surface area contributed by atoms with Gasteiger partial charge in [-0.2, -0.15) is 0 Å². The summed E-state index contributed by atoms with van der Waals surface area (Å²) < 4.78 is 18.8. The van der Waals surface area contributed by atoms with Crippen LogP contribution in [0.4, 0.5) is 4.39 Å². The normalized spacial score (nSPS) is 16.9. The molecule has 0 aliphatic heterocycles. The predicted molar refractivity (Wildman–Crippen MR) is 61.3 cm³/mol. The smallest absolute Gasteiger partial charge is 0.123 e. The van der Waals surface area contributed by atoms with Crippen LogP contribution < -0.4 is 5.73 Å².